The number of guanidine groups is 1. The van der Waals surface area contributed by atoms with Crippen molar-refractivity contribution < 1.29 is 0 Å². The molecule has 0 heterocycles. The summed E-state index contributed by atoms with van der Waals surface area (Å²) in [4.78, 5) is 4.56. The highest BCUT2D eigenvalue weighted by molar-refractivity contribution is 5.79. The Morgan fingerprint density at radius 2 is 2.05 bits per heavy atom. The Morgan fingerprint density at radius 1 is 1.32 bits per heavy atom. The maximum Gasteiger partial charge on any atom is 0.191 e. The number of nitrogens with one attached hydrogen (secondary N) is 2. The monoisotopic (exact) mass is 259 g/mol. The zero-order chi connectivity index (χ0) is 13.9. The molecule has 0 spiro atoms. The molecule has 0 fully saturated rings. The fourth-order valence-corrected chi connectivity index (χ4v) is 1.83. The molecule has 0 amide bonds. The van der Waals surface area contributed by atoms with Gasteiger partial charge in [-0.25, -0.2) is 0 Å². The number of rotatable bonds is 7. The lowest BCUT2D eigenvalue weighted by Gasteiger charge is -2.12. The smallest absolute Gasteiger partial charge is 0.191 e. The van der Waals surface area contributed by atoms with E-state index in [9.17, 15) is 0 Å². The molecular weight excluding hydrogens is 234 g/mol. The molecule has 0 radical (unpaired) electrons. The van der Waals surface area contributed by atoms with Crippen molar-refractivity contribution in [2.45, 2.75) is 26.2 Å². The molecule has 0 bridgehead atoms. The summed E-state index contributed by atoms with van der Waals surface area (Å²) < 4.78 is 0. The van der Waals surface area contributed by atoms with E-state index in [-0.39, 0.29) is 0 Å². The van der Waals surface area contributed by atoms with Crippen molar-refractivity contribution in [1.29, 1.82) is 0 Å². The second-order valence-corrected chi connectivity index (χ2v) is 4.53. The largest absolute Gasteiger partial charge is 0.357 e. The van der Waals surface area contributed by atoms with E-state index in [1.807, 2.05) is 6.08 Å². The highest BCUT2D eigenvalue weighted by Gasteiger charge is 2.04. The molecule has 0 aromatic heterocycles. The van der Waals surface area contributed by atoms with E-state index in [1.165, 1.54) is 5.56 Å². The standard InChI is InChI=1S/C16H25N3/c1-4-12-18-16(17-5-2)19-13-11-14(3)15-9-7-6-8-10-15/h4,6-10,14H,1,5,11-13H2,2-3H3,(H2,17,18,19). The molecule has 3 heteroatoms. The van der Waals surface area contributed by atoms with Crippen LogP contribution in [0.2, 0.25) is 0 Å². The Hall–Kier alpha value is -1.77. The number of benzene rings is 1. The lowest BCUT2D eigenvalue weighted by Crippen LogP contribution is -2.37. The third-order valence-electron chi connectivity index (χ3n) is 2.96. The Balaban J connectivity index is 2.43. The summed E-state index contributed by atoms with van der Waals surface area (Å²) in [6.45, 7) is 10.4. The van der Waals surface area contributed by atoms with Crippen LogP contribution in [0.15, 0.2) is 48.0 Å². The quantitative estimate of drug-likeness (QED) is 0.449. The number of hydrogen-bond donors (Lipinski definition) is 2. The minimum absolute atomic E-state index is 0.534. The van der Waals surface area contributed by atoms with Crippen LogP contribution in [-0.2, 0) is 0 Å². The topological polar surface area (TPSA) is 36.4 Å². The van der Waals surface area contributed by atoms with E-state index in [0.29, 0.717) is 5.92 Å². The van der Waals surface area contributed by atoms with Crippen LogP contribution in [0, 0.1) is 0 Å². The third-order valence-corrected chi connectivity index (χ3v) is 2.96. The first-order valence-corrected chi connectivity index (χ1v) is 6.96. The summed E-state index contributed by atoms with van der Waals surface area (Å²) >= 11 is 0. The molecule has 1 rings (SSSR count). The summed E-state index contributed by atoms with van der Waals surface area (Å²) in [6.07, 6.45) is 2.88. The maximum atomic E-state index is 4.56. The van der Waals surface area contributed by atoms with Crippen LogP contribution in [-0.4, -0.2) is 25.6 Å². The summed E-state index contributed by atoms with van der Waals surface area (Å²) in [7, 11) is 0. The number of hydrogen-bond acceptors (Lipinski definition) is 1. The molecule has 0 saturated heterocycles. The second-order valence-electron chi connectivity index (χ2n) is 4.53. The molecule has 104 valence electrons. The lowest BCUT2D eigenvalue weighted by molar-refractivity contribution is 0.685. The maximum absolute atomic E-state index is 4.56. The van der Waals surface area contributed by atoms with Gasteiger partial charge < -0.3 is 10.6 Å². The lowest BCUT2D eigenvalue weighted by atomic mass is 9.98. The van der Waals surface area contributed by atoms with Crippen molar-refractivity contribution in [3.8, 4) is 0 Å². The first-order valence-electron chi connectivity index (χ1n) is 6.96. The van der Waals surface area contributed by atoms with Crippen LogP contribution >= 0.6 is 0 Å². The van der Waals surface area contributed by atoms with E-state index < -0.39 is 0 Å². The van der Waals surface area contributed by atoms with Crippen molar-refractivity contribution in [3.05, 3.63) is 48.6 Å². The van der Waals surface area contributed by atoms with Crippen LogP contribution in [0.25, 0.3) is 0 Å². The van der Waals surface area contributed by atoms with Gasteiger partial charge in [0.1, 0.15) is 0 Å². The minimum Gasteiger partial charge on any atom is -0.357 e. The van der Waals surface area contributed by atoms with Gasteiger partial charge in [-0.3, -0.25) is 4.99 Å². The van der Waals surface area contributed by atoms with Crippen molar-refractivity contribution >= 4 is 5.96 Å². The van der Waals surface area contributed by atoms with E-state index in [1.54, 1.807) is 0 Å². The van der Waals surface area contributed by atoms with E-state index in [0.717, 1.165) is 32.0 Å². The summed E-state index contributed by atoms with van der Waals surface area (Å²) in [5, 5.41) is 6.43. The van der Waals surface area contributed by atoms with E-state index in [2.05, 4.69) is 66.4 Å². The van der Waals surface area contributed by atoms with Crippen molar-refractivity contribution in [2.24, 2.45) is 4.99 Å². The van der Waals surface area contributed by atoms with Gasteiger partial charge in [-0.05, 0) is 24.8 Å². The molecule has 1 unspecified atom stereocenters. The molecule has 0 aliphatic heterocycles. The molecule has 1 aromatic rings. The van der Waals surface area contributed by atoms with Crippen molar-refractivity contribution in [2.75, 3.05) is 19.6 Å². The first-order chi connectivity index (χ1) is 9.27. The molecule has 2 N–H and O–H groups in total. The average molecular weight is 259 g/mol. The van der Waals surface area contributed by atoms with Gasteiger partial charge in [0.2, 0.25) is 0 Å². The van der Waals surface area contributed by atoms with E-state index in [4.69, 9.17) is 0 Å². The molecule has 0 aliphatic carbocycles. The minimum atomic E-state index is 0.534. The zero-order valence-electron chi connectivity index (χ0n) is 12.0. The summed E-state index contributed by atoms with van der Waals surface area (Å²) in [5.41, 5.74) is 1.38. The third kappa shape index (κ3) is 6.09. The molecule has 19 heavy (non-hydrogen) atoms. The fraction of sp³-hybridized carbons (Fsp3) is 0.438. The zero-order valence-corrected chi connectivity index (χ0v) is 12.0. The molecule has 1 atom stereocenters. The summed E-state index contributed by atoms with van der Waals surface area (Å²) in [6, 6.07) is 10.6. The Morgan fingerprint density at radius 3 is 2.68 bits per heavy atom. The normalized spacial score (nSPS) is 12.8. The number of aliphatic imine (C=N–C) groups is 1. The highest BCUT2D eigenvalue weighted by Crippen LogP contribution is 2.17. The van der Waals surface area contributed by atoms with Gasteiger partial charge in [-0.1, -0.05) is 43.3 Å². The molecule has 3 nitrogen and oxygen atoms in total. The van der Waals surface area contributed by atoms with Crippen molar-refractivity contribution in [1.82, 2.24) is 10.6 Å². The van der Waals surface area contributed by atoms with Gasteiger partial charge in [-0.2, -0.15) is 0 Å². The van der Waals surface area contributed by atoms with Crippen LogP contribution in [0.5, 0.6) is 0 Å². The molecule has 1 aromatic carbocycles. The SMILES string of the molecule is C=CCNC(=NCCC(C)c1ccccc1)NCC. The van der Waals surface area contributed by atoms with Gasteiger partial charge in [-0.15, -0.1) is 6.58 Å². The van der Waals surface area contributed by atoms with Gasteiger partial charge in [0.05, 0.1) is 0 Å². The first kappa shape index (κ1) is 15.3. The fourth-order valence-electron chi connectivity index (χ4n) is 1.83. The second kappa shape index (κ2) is 9.20. The highest BCUT2D eigenvalue weighted by atomic mass is 15.2. The van der Waals surface area contributed by atoms with E-state index >= 15 is 0 Å². The van der Waals surface area contributed by atoms with Gasteiger partial charge in [0, 0.05) is 19.6 Å². The molecular formula is C16H25N3. The summed E-state index contributed by atoms with van der Waals surface area (Å²) in [5.74, 6) is 1.40. The van der Waals surface area contributed by atoms with Gasteiger partial charge in [0.15, 0.2) is 5.96 Å². The predicted octanol–water partition coefficient (Wildman–Crippen LogP) is 2.92. The van der Waals surface area contributed by atoms with Crippen LogP contribution in [0.3, 0.4) is 0 Å². The molecule has 0 saturated carbocycles. The van der Waals surface area contributed by atoms with Gasteiger partial charge >= 0.3 is 0 Å². The van der Waals surface area contributed by atoms with Crippen molar-refractivity contribution in [3.63, 3.8) is 0 Å². The van der Waals surface area contributed by atoms with Crippen LogP contribution in [0.1, 0.15) is 31.7 Å². The average Bonchev–Trinajstić information content (AvgIpc) is 2.45. The molecule has 0 aliphatic rings. The Bertz CT molecular complexity index is 384. The Kier molecular flexibility index (Phi) is 7.40. The van der Waals surface area contributed by atoms with Crippen LogP contribution in [0.4, 0.5) is 0 Å². The van der Waals surface area contributed by atoms with Gasteiger partial charge in [0.25, 0.3) is 0 Å². The predicted molar refractivity (Wildman–Crippen MR) is 83.7 cm³/mol. The number of nitrogens with zero attached hydrogens (tertiary/aromatic N) is 1. The van der Waals surface area contributed by atoms with Crippen LogP contribution < -0.4 is 10.6 Å². The Labute approximate surface area is 116 Å².